The van der Waals surface area contributed by atoms with Crippen molar-refractivity contribution < 1.29 is 1.41 Å². The summed E-state index contributed by atoms with van der Waals surface area (Å²) >= 11 is 1.70. The summed E-state index contributed by atoms with van der Waals surface area (Å²) in [6, 6.07) is 0. The molecule has 35 radical (unpaired) electrons. The molecule has 35 heavy (non-hydrogen) atoms. The first-order chi connectivity index (χ1) is 16.3. The molecule has 1 N–H and O–H groups in total. The van der Waals surface area contributed by atoms with Crippen LogP contribution >= 0.6 is 22.9 Å². The van der Waals surface area contributed by atoms with E-state index in [4.69, 9.17) is 133 Å². The zero-order valence-corrected chi connectivity index (χ0v) is 22.0. The molecule has 113 valence electrons. The Bertz CT molecular complexity index is 536. The van der Waals surface area contributed by atoms with Gasteiger partial charge in [0.05, 0.1) is 0 Å². The fourth-order valence-corrected chi connectivity index (χ4v) is 5.89. The van der Waals surface area contributed by atoms with E-state index in [0.29, 0.717) is 0 Å². The molecule has 0 aliphatic rings. The van der Waals surface area contributed by atoms with Crippen LogP contribution in [0.3, 0.4) is 0 Å². The molecule has 0 bridgehead atoms. The third kappa shape index (κ3) is 10.6. The standard InChI is InChI=1S/B33HIN/c1-18(2)26(17)30(25(15)16)32(29(23(11)12)24(13)14)33(35-34)31(27(19(3)4)20(5)6)28(21(7)8)22(9)10/h35H/q-1/i/hT. The quantitative estimate of drug-likeness (QED) is 0.126. The van der Waals surface area contributed by atoms with E-state index in [1.54, 1.807) is 22.9 Å². The summed E-state index contributed by atoms with van der Waals surface area (Å²) < 4.78 is 9.77. The number of hydrogen-bond acceptors (Lipinski definition) is 1. The molecule has 1 nitrogen and oxygen atoms in total. The number of halogens is 1. The normalized spacial score (nSPS) is 10.2. The topological polar surface area (TPSA) is 12.0 Å². The molecule has 0 aliphatic carbocycles. The molecular formula is HB33IN-. The van der Waals surface area contributed by atoms with E-state index in [2.05, 4.69) is 0 Å². The Balaban J connectivity index is 7.66. The summed E-state index contributed by atoms with van der Waals surface area (Å²) in [6.07, 6.45) is -16.0. The van der Waals surface area contributed by atoms with Gasteiger partial charge in [-0.25, -0.2) is 6.39 Å². The molecule has 0 fully saturated rings. The Hall–Kier alpha value is 2.83. The van der Waals surface area contributed by atoms with Crippen molar-refractivity contribution in [1.29, 1.82) is 0 Å². The first-order valence-corrected chi connectivity index (χ1v) is 12.1. The second-order valence-electron chi connectivity index (χ2n) is 9.25. The molecule has 0 aromatic carbocycles. The van der Waals surface area contributed by atoms with Crippen molar-refractivity contribution in [1.82, 2.24) is 3.43 Å². The van der Waals surface area contributed by atoms with Gasteiger partial charge in [-0.2, -0.15) is 0 Å². The summed E-state index contributed by atoms with van der Waals surface area (Å²) in [6.45, 7) is -1.08. The number of hydrogen-bond donors (Lipinski definition) is 1. The van der Waals surface area contributed by atoms with Crippen molar-refractivity contribution in [3.05, 3.63) is 0 Å². The largest absolute Gasteiger partial charge is 0.687 e. The highest BCUT2D eigenvalue weighted by Gasteiger charge is 2.54. The monoisotopic (exact) mass is 507 g/mol. The molecule has 0 unspecified atom stereocenters. The van der Waals surface area contributed by atoms with Crippen LogP contribution < -0.4 is 3.43 Å². The maximum atomic E-state index is 8.75. The van der Waals surface area contributed by atoms with Gasteiger partial charge in [-0.3, -0.25) is 0 Å². The van der Waals surface area contributed by atoms with Crippen LogP contribution in [0.4, 0.5) is 0 Å². The van der Waals surface area contributed by atoms with Crippen molar-refractivity contribution in [2.24, 2.45) is 0 Å². The fraction of sp³-hybridized carbons (Fsp3) is 0. The van der Waals surface area contributed by atoms with E-state index in [1.807, 2.05) is 0 Å². The lowest BCUT2D eigenvalue weighted by molar-refractivity contribution is 1.79. The molecule has 0 saturated heterocycles. The summed E-state index contributed by atoms with van der Waals surface area (Å²) in [5, 5.41) is 0. The molecular weight excluding hydrogens is 498 g/mol. The Kier molecular flexibility index (Phi) is 18.0. The molecule has 0 saturated carbocycles. The molecule has 0 atom stereocenters. The van der Waals surface area contributed by atoms with Crippen LogP contribution in [0.5, 0.6) is 0 Å². The second-order valence-corrected chi connectivity index (χ2v) is 9.81. The number of nitrogens with one attached hydrogen (secondary N) is 1. The van der Waals surface area contributed by atoms with E-state index in [9.17, 15) is 0 Å². The van der Waals surface area contributed by atoms with E-state index in [1.165, 1.54) is 0 Å². The summed E-state index contributed by atoms with van der Waals surface area (Å²) in [5.41, 5.74) is 0. The van der Waals surface area contributed by atoms with E-state index in [0.717, 1.165) is 3.43 Å². The average molecular weight is 501 g/mol. The fourth-order valence-electron chi connectivity index (χ4n) is 5.15. The van der Waals surface area contributed by atoms with Gasteiger partial charge in [-0.1, -0.05) is 0 Å². The number of rotatable bonds is 16. The van der Waals surface area contributed by atoms with E-state index in [-0.39, 0.29) is 0 Å². The first kappa shape index (κ1) is 35.9. The van der Waals surface area contributed by atoms with Crippen molar-refractivity contribution >= 4 is 257 Å². The summed E-state index contributed by atoms with van der Waals surface area (Å²) in [4.78, 5) is 0. The zero-order chi connectivity index (χ0) is 28.8. The molecule has 0 heterocycles. The van der Waals surface area contributed by atoms with E-state index >= 15 is 0 Å². The molecule has 0 aromatic rings. The molecule has 0 rings (SSSR count). The van der Waals surface area contributed by atoms with Crippen LogP contribution in [0.15, 0.2) is 0 Å². The van der Waals surface area contributed by atoms with Gasteiger partial charge in [-0.05, 0) is 50.1 Å². The highest BCUT2D eigenvalue weighted by molar-refractivity contribution is 14.1. The van der Waals surface area contributed by atoms with Gasteiger partial charge in [0.1, 0.15) is 8.04 Å². The highest BCUT2D eigenvalue weighted by Crippen LogP contribution is 2.15. The summed E-state index contributed by atoms with van der Waals surface area (Å²) in [7, 11) is 104. The van der Waals surface area contributed by atoms with Crippen LogP contribution in [0.2, 0.25) is 1.41 Å². The van der Waals surface area contributed by atoms with Crippen LogP contribution in [-0.2, 0) is 0 Å². The maximum Gasteiger partial charge on any atom is 0.129 e. The van der Waals surface area contributed by atoms with Crippen molar-refractivity contribution in [3.8, 4) is 0 Å². The van der Waals surface area contributed by atoms with E-state index < -0.39 is 102 Å². The lowest BCUT2D eigenvalue weighted by atomic mass is 8.34. The van der Waals surface area contributed by atoms with Gasteiger partial charge in [0, 0.05) is 186 Å². The van der Waals surface area contributed by atoms with Gasteiger partial charge >= 0.3 is 0 Å². The van der Waals surface area contributed by atoms with Crippen molar-refractivity contribution in [2.45, 2.75) is 0 Å². The minimum absolute atomic E-state index is 0.963. The van der Waals surface area contributed by atoms with Crippen molar-refractivity contribution in [3.63, 3.8) is 0 Å². The molecule has 35 heteroatoms. The zero-order valence-electron chi connectivity index (χ0n) is 20.9. The first-order valence-electron chi connectivity index (χ1n) is 11.5. The van der Waals surface area contributed by atoms with Crippen LogP contribution in [0, 0.1) is 0 Å². The molecule has 0 aromatic heterocycles. The van der Waals surface area contributed by atoms with Gasteiger partial charge in [0.15, 0.2) is 0 Å². The minimum atomic E-state index is -1.16. The van der Waals surface area contributed by atoms with Gasteiger partial charge in [0.25, 0.3) is 0 Å². The van der Waals surface area contributed by atoms with Crippen LogP contribution in [0.25, 0.3) is 0 Å². The van der Waals surface area contributed by atoms with Crippen molar-refractivity contribution in [2.75, 3.05) is 0 Å². The van der Waals surface area contributed by atoms with Gasteiger partial charge in [0.2, 0.25) is 0 Å². The average Bonchev–Trinajstić information content (AvgIpc) is 2.65. The van der Waals surface area contributed by atoms with Crippen LogP contribution in [0.1, 0.15) is 0 Å². The highest BCUT2D eigenvalue weighted by atomic mass is 127. The Morgan fingerprint density at radius 1 is 0.457 bits per heavy atom. The Morgan fingerprint density at radius 2 is 0.686 bits per heavy atom. The Morgan fingerprint density at radius 3 is 0.857 bits per heavy atom. The summed E-state index contributed by atoms with van der Waals surface area (Å²) in [5.74, 6) is 0. The SMILES string of the molecule is [3H]N(I)B(B(B(B([B])[B])B([B])[B])B(B([B])[B])B([B])[B])B(B(B([B])[B])B([B])[B])B(B([B])[B])B([B])B([B])[B-]. The molecule has 0 spiro atoms. The minimum Gasteiger partial charge on any atom is -0.687 e. The third-order valence-electron chi connectivity index (χ3n) is 6.68. The smallest absolute Gasteiger partial charge is 0.129 e. The lowest BCUT2D eigenvalue weighted by Crippen LogP contribution is -2.89. The third-order valence-corrected chi connectivity index (χ3v) is 7.32. The van der Waals surface area contributed by atoms with Gasteiger partial charge in [-0.15, -0.1) is 0 Å². The molecule has 0 aliphatic heterocycles. The van der Waals surface area contributed by atoms with Crippen LogP contribution in [-0.4, -0.2) is 234 Å². The lowest BCUT2D eigenvalue weighted by Gasteiger charge is -2.50. The predicted octanol–water partition coefficient (Wildman–Crippen LogP) is -12.2. The second kappa shape index (κ2) is 17.6. The molecule has 0 amide bonds. The van der Waals surface area contributed by atoms with Gasteiger partial charge < -0.3 is 11.2 Å². The predicted molar refractivity (Wildman–Crippen MR) is 207 cm³/mol. The Labute approximate surface area is 259 Å². The maximum absolute atomic E-state index is 8.75.